The summed E-state index contributed by atoms with van der Waals surface area (Å²) in [5.41, 5.74) is 12.7. The van der Waals surface area contributed by atoms with Crippen molar-refractivity contribution in [2.24, 2.45) is 23.3 Å². The molecule has 35 nitrogen and oxygen atoms in total. The highest BCUT2D eigenvalue weighted by molar-refractivity contribution is 7.98. The van der Waals surface area contributed by atoms with E-state index in [0.29, 0.717) is 42.4 Å². The van der Waals surface area contributed by atoms with Crippen LogP contribution in [0.4, 0.5) is 0 Å². The minimum atomic E-state index is -2.44. The van der Waals surface area contributed by atoms with Crippen molar-refractivity contribution in [1.82, 2.24) is 62.6 Å². The molecule has 36 heteroatoms. The summed E-state index contributed by atoms with van der Waals surface area (Å²) in [6.45, 7) is 6.67. The molecule has 0 aliphatic carbocycles. The first kappa shape index (κ1) is 91.7. The number of phenolic OH excluding ortho intramolecular Hbond substituents is 1. The third kappa shape index (κ3) is 27.0. The van der Waals surface area contributed by atoms with Crippen molar-refractivity contribution < 1.29 is 103 Å². The highest BCUT2D eigenvalue weighted by Gasteiger charge is 2.50. The normalized spacial score (nSPS) is 26.2. The molecular weight excluding hydrogens is 1460 g/mol. The first-order chi connectivity index (χ1) is 52.8. The zero-order chi connectivity index (χ0) is 81.8. The maximum Gasteiger partial charge on any atom is 0.248 e. The van der Waals surface area contributed by atoms with Crippen molar-refractivity contribution in [3.05, 3.63) is 65.7 Å². The van der Waals surface area contributed by atoms with Crippen LogP contribution in [0, 0.1) is 11.8 Å². The Morgan fingerprint density at radius 1 is 0.703 bits per heavy atom. The number of carbonyl (C=O) groups excluding carboxylic acids is 12. The van der Waals surface area contributed by atoms with Gasteiger partial charge < -0.3 is 120 Å². The predicted octanol–water partition coefficient (Wildman–Crippen LogP) is -3.70. The van der Waals surface area contributed by atoms with Crippen molar-refractivity contribution in [2.45, 2.75) is 259 Å². The molecule has 4 saturated heterocycles. The van der Waals surface area contributed by atoms with Crippen LogP contribution in [0.2, 0.25) is 0 Å². The maximum atomic E-state index is 15.3. The van der Waals surface area contributed by atoms with E-state index in [0.717, 1.165) is 85.9 Å². The molecule has 6 rings (SSSR count). The van der Waals surface area contributed by atoms with Crippen molar-refractivity contribution in [3.63, 3.8) is 0 Å². The van der Waals surface area contributed by atoms with Gasteiger partial charge in [-0.15, -0.1) is 0 Å². The number of phenols is 1. The topological polar surface area (TPSA) is 546 Å². The van der Waals surface area contributed by atoms with E-state index in [9.17, 15) is 88.8 Å². The summed E-state index contributed by atoms with van der Waals surface area (Å²) in [4.78, 5) is 173. The number of ether oxygens (including phenoxy) is 1. The molecule has 4 fully saturated rings. The summed E-state index contributed by atoms with van der Waals surface area (Å²) in [6, 6.07) is -4.31. The number of unbranched alkanes of at least 4 members (excludes halogenated alkanes) is 5. The number of nitrogens with one attached hydrogen (secondary N) is 9. The number of likely N-dealkylation sites (tertiary alicyclic amines) is 1. The van der Waals surface area contributed by atoms with Gasteiger partial charge in [-0.2, -0.15) is 11.8 Å². The fourth-order valence-corrected chi connectivity index (χ4v) is 14.9. The van der Waals surface area contributed by atoms with Crippen LogP contribution in [0.5, 0.6) is 5.75 Å². The van der Waals surface area contributed by atoms with Crippen LogP contribution < -0.4 is 59.3 Å². The van der Waals surface area contributed by atoms with Gasteiger partial charge in [0.15, 0.2) is 6.23 Å². The van der Waals surface area contributed by atoms with E-state index < -0.39 is 226 Å². The van der Waals surface area contributed by atoms with Crippen molar-refractivity contribution in [1.29, 1.82) is 0 Å². The second-order valence-electron chi connectivity index (χ2n) is 29.7. The molecule has 4 aliphatic heterocycles. The fourth-order valence-electron chi connectivity index (χ4n) is 14.4. The summed E-state index contributed by atoms with van der Waals surface area (Å²) in [7, 11) is 0. The second kappa shape index (κ2) is 45.5. The number of thioether (sulfide) groups is 1. The first-order valence-corrected chi connectivity index (χ1v) is 39.9. The monoisotopic (exact) mass is 1580 g/mol. The zero-order valence-electron chi connectivity index (χ0n) is 64.2. The quantitative estimate of drug-likeness (QED) is 0.0227. The largest absolute Gasteiger partial charge is 0.508 e. The molecule has 0 radical (unpaired) electrons. The van der Waals surface area contributed by atoms with Gasteiger partial charge in [-0.1, -0.05) is 108 Å². The molecule has 620 valence electrons. The van der Waals surface area contributed by atoms with E-state index >= 15 is 9.59 Å². The number of amides is 12. The number of benzene rings is 2. The lowest BCUT2D eigenvalue weighted by molar-refractivity contribution is -0.150. The van der Waals surface area contributed by atoms with Gasteiger partial charge in [0.1, 0.15) is 84.5 Å². The third-order valence-corrected chi connectivity index (χ3v) is 21.5. The predicted molar refractivity (Wildman–Crippen MR) is 406 cm³/mol. The van der Waals surface area contributed by atoms with Crippen molar-refractivity contribution >= 4 is 83.2 Å². The number of fused-ring (bicyclic) bond motifs is 2. The summed E-state index contributed by atoms with van der Waals surface area (Å²) in [6.07, 6.45) is -7.21. The molecule has 2 aromatic carbocycles. The molecule has 12 amide bonds. The molecule has 0 saturated carbocycles. The molecule has 4 aliphatic rings. The van der Waals surface area contributed by atoms with Gasteiger partial charge >= 0.3 is 0 Å². The Hall–Kier alpha value is -8.17. The van der Waals surface area contributed by atoms with Gasteiger partial charge in [-0.25, -0.2) is 0 Å². The number of rotatable bonds is 38. The van der Waals surface area contributed by atoms with Crippen LogP contribution in [-0.2, 0) is 68.7 Å². The Kier molecular flexibility index (Phi) is 37.6. The van der Waals surface area contributed by atoms with Crippen molar-refractivity contribution in [3.8, 4) is 5.75 Å². The van der Waals surface area contributed by atoms with E-state index in [1.807, 2.05) is 6.26 Å². The highest BCUT2D eigenvalue weighted by atomic mass is 32.2. The van der Waals surface area contributed by atoms with Gasteiger partial charge in [0.2, 0.25) is 71.4 Å². The number of carbonyl (C=O) groups is 12. The molecule has 21 N–H and O–H groups in total. The van der Waals surface area contributed by atoms with Gasteiger partial charge in [0.25, 0.3) is 0 Å². The number of nitrogens with zero attached hydrogens (tertiary/aromatic N) is 3. The van der Waals surface area contributed by atoms with Crippen molar-refractivity contribution in [2.75, 3.05) is 51.3 Å². The molecule has 2 aromatic rings. The number of nitrogens with two attached hydrogens (primary N) is 2. The van der Waals surface area contributed by atoms with Crippen LogP contribution >= 0.6 is 11.8 Å². The summed E-state index contributed by atoms with van der Waals surface area (Å²) in [5.74, 6) is -9.76. The van der Waals surface area contributed by atoms with E-state index in [2.05, 4.69) is 68.6 Å². The summed E-state index contributed by atoms with van der Waals surface area (Å²) in [5, 5.41) is 115. The maximum absolute atomic E-state index is 15.3. The Morgan fingerprint density at radius 3 is 2.02 bits per heavy atom. The number of hydrogen-bond donors (Lipinski definition) is 19. The molecule has 1 unspecified atom stereocenters. The smallest absolute Gasteiger partial charge is 0.248 e. The molecule has 0 aromatic heterocycles. The molecule has 4 heterocycles. The lowest BCUT2D eigenvalue weighted by Gasteiger charge is -2.35. The van der Waals surface area contributed by atoms with E-state index in [4.69, 9.17) is 16.2 Å². The van der Waals surface area contributed by atoms with Crippen LogP contribution in [0.25, 0.3) is 0 Å². The number of aliphatic hydroxyl groups is 7. The minimum absolute atomic E-state index is 0.0140. The van der Waals surface area contributed by atoms with Crippen LogP contribution in [0.3, 0.4) is 0 Å². The van der Waals surface area contributed by atoms with Crippen LogP contribution in [-0.4, -0.2) is 288 Å². The Bertz CT molecular complexity index is 3390. The number of hydrogen-bond acceptors (Lipinski definition) is 24. The summed E-state index contributed by atoms with van der Waals surface area (Å²) >= 11 is 1.45. The van der Waals surface area contributed by atoms with Gasteiger partial charge in [0, 0.05) is 64.4 Å². The lowest BCUT2D eigenvalue weighted by atomic mass is 9.91. The summed E-state index contributed by atoms with van der Waals surface area (Å²) < 4.78 is 5.81. The van der Waals surface area contributed by atoms with E-state index in [-0.39, 0.29) is 56.6 Å². The number of aliphatic hydroxyl groups excluding tert-OH is 7. The molecule has 0 bridgehead atoms. The Balaban J connectivity index is 1.29. The van der Waals surface area contributed by atoms with Gasteiger partial charge in [0.05, 0.1) is 31.0 Å². The van der Waals surface area contributed by atoms with Crippen LogP contribution in [0.1, 0.15) is 155 Å². The van der Waals surface area contributed by atoms with Gasteiger partial charge in [-0.3, -0.25) is 57.5 Å². The first-order valence-electron chi connectivity index (χ1n) is 38.5. The minimum Gasteiger partial charge on any atom is -0.508 e. The molecule has 21 atom stereocenters. The van der Waals surface area contributed by atoms with E-state index in [1.165, 1.54) is 16.7 Å². The van der Waals surface area contributed by atoms with E-state index in [1.54, 1.807) is 37.3 Å². The Morgan fingerprint density at radius 2 is 1.36 bits per heavy atom. The highest BCUT2D eigenvalue weighted by Crippen LogP contribution is 2.29. The Labute approximate surface area is 651 Å². The zero-order valence-corrected chi connectivity index (χ0v) is 65.0. The molecule has 0 spiro atoms. The van der Waals surface area contributed by atoms with Crippen LogP contribution in [0.15, 0.2) is 54.6 Å². The second-order valence-corrected chi connectivity index (χ2v) is 30.7. The fraction of sp³-hybridized carbons (Fsp3) is 0.680. The molecule has 111 heavy (non-hydrogen) atoms. The van der Waals surface area contributed by atoms with Gasteiger partial charge in [-0.05, 0) is 99.5 Å². The standard InChI is InChI=1S/C75H118N14O21S/c1-7-41(2)33-42(3)17-13-10-8-9-11-16-20-58(97)81-51-37-57(96)72(110-31-28-76)86-71(106)62-56(95)26-30-87(62)75(109)60(84-70(105)61(64(99)63(98)46-21-23-47(92)24-22-46)85-69(104)53-36-48(93)39-88(53)74(108)59(44(5)91)83-67(51)102)55(94)25-29-78-65(100)49(77)38-79-68(103)54(35-45-18-14-12-15-19-45)89-43(4)34-52(73(89)107)82-66(101)50(80-40-90)27-32-111-6/h12,14-15,18-19,21-24,40-44,48-57,59-64,72,91-96,98-99H,7-11,13,16-17,20,25-39,76-77H2,1-6H3,(H,78,100)(H,79,103)(H,80,90)(H,81,97)(H,82,101)(H,83,102)(H,84,105)(H,85,104)(H,86,106)/t41-,42+,43?,44+,48+,49-,50-,51-,52-,53-,54-,55+,56-,57+,59-,60-,61-,62-,63-,64-,72+/m0/s1. The lowest BCUT2D eigenvalue weighted by Crippen LogP contribution is -2.64. The average Bonchev–Trinajstić information content (AvgIpc) is 1.69. The third-order valence-electron chi connectivity index (χ3n) is 20.9. The average molecular weight is 1580 g/mol. The number of aromatic hydroxyl groups is 1. The SMILES string of the molecule is CC[C@H](C)C[C@H](C)CCCCCCCCC(=O)N[C@H]1C[C@@H](O)[C@@H](OCCN)NC(=O)[C@@H]2[C@@H](O)CCN2C(=O)[C@H]([C@H](O)CCNC(=O)[C@@H](N)CNC(=O)[C@H](Cc2ccccc2)N2C(=O)[C@@H](NC(=O)[C@H](CCSC)NC=O)CC2C)NC(=O)[C@H]([C@H](O)[C@@H](O)c2ccc(O)cc2)NC(=O)[C@@H]2C[C@@H](O)CN2C(=O)[C@H]([C@@H](C)O)NC1=O. The molecular formula is C75H118N14O21S.